The van der Waals surface area contributed by atoms with E-state index in [1.807, 2.05) is 32.0 Å². The quantitative estimate of drug-likeness (QED) is 0.203. The van der Waals surface area contributed by atoms with Crippen LogP contribution >= 0.6 is 11.6 Å². The zero-order chi connectivity index (χ0) is 29.5. The van der Waals surface area contributed by atoms with Crippen LogP contribution in [0.15, 0.2) is 60.8 Å². The van der Waals surface area contributed by atoms with Gasteiger partial charge in [-0.05, 0) is 63.8 Å². The number of fused-ring (bicyclic) bond motifs is 1. The van der Waals surface area contributed by atoms with E-state index in [2.05, 4.69) is 21.7 Å². The van der Waals surface area contributed by atoms with Crippen LogP contribution in [0.25, 0.3) is 22.0 Å². The largest absolute Gasteiger partial charge is 0.492 e. The van der Waals surface area contributed by atoms with Gasteiger partial charge in [0.15, 0.2) is 0 Å². The molecule has 0 radical (unpaired) electrons. The number of carbonyl (C=O) groups excluding carboxylic acids is 2. The van der Waals surface area contributed by atoms with Crippen LogP contribution in [0.3, 0.4) is 0 Å². The number of hydrogen-bond acceptors (Lipinski definition) is 7. The minimum Gasteiger partial charge on any atom is -0.492 e. The van der Waals surface area contributed by atoms with Gasteiger partial charge in [-0.2, -0.15) is 5.26 Å². The standard InChI is InChI=1S/C31H31ClN6O3/c1-4-41-28-16-26-24(15-27(28)37-29(39)10-7-13-38(2)3)30(19(17-33)18-35-26)36-20-11-12-22(25(32)14-20)21-8-5-6-9-23(21)31(34)40/h5-6,8-9,11-12,14-16,18H,4,7,10,13H2,1-3H3,(H2,34,40)(H,35,36)(H,37,39). The summed E-state index contributed by atoms with van der Waals surface area (Å²) in [5, 5.41) is 17.2. The van der Waals surface area contributed by atoms with E-state index in [1.54, 1.807) is 48.5 Å². The van der Waals surface area contributed by atoms with Gasteiger partial charge in [-0.25, -0.2) is 0 Å². The Labute approximate surface area is 243 Å². The number of aromatic nitrogens is 1. The number of carbonyl (C=O) groups is 2. The second-order valence-electron chi connectivity index (χ2n) is 9.64. The molecule has 0 unspecified atom stereocenters. The molecule has 0 aliphatic heterocycles. The molecule has 10 heteroatoms. The minimum absolute atomic E-state index is 0.135. The van der Waals surface area contributed by atoms with Gasteiger partial charge in [0.05, 0.1) is 34.1 Å². The van der Waals surface area contributed by atoms with E-state index in [4.69, 9.17) is 22.1 Å². The molecule has 1 aromatic heterocycles. The fourth-order valence-electron chi connectivity index (χ4n) is 4.47. The summed E-state index contributed by atoms with van der Waals surface area (Å²) < 4.78 is 5.80. The summed E-state index contributed by atoms with van der Waals surface area (Å²) in [6, 6.07) is 18.0. The summed E-state index contributed by atoms with van der Waals surface area (Å²) in [6.07, 6.45) is 2.55. The van der Waals surface area contributed by atoms with Crippen molar-refractivity contribution < 1.29 is 14.3 Å². The number of amides is 2. The minimum atomic E-state index is -0.548. The predicted octanol–water partition coefficient (Wildman–Crippen LogP) is 5.95. The highest BCUT2D eigenvalue weighted by Crippen LogP contribution is 2.38. The lowest BCUT2D eigenvalue weighted by Gasteiger charge is -2.17. The average molecular weight is 571 g/mol. The first-order valence-electron chi connectivity index (χ1n) is 13.1. The maximum absolute atomic E-state index is 12.7. The second-order valence-corrected chi connectivity index (χ2v) is 10.0. The highest BCUT2D eigenvalue weighted by Gasteiger charge is 2.17. The molecule has 41 heavy (non-hydrogen) atoms. The first-order valence-corrected chi connectivity index (χ1v) is 13.5. The molecule has 3 aromatic carbocycles. The number of pyridine rings is 1. The van der Waals surface area contributed by atoms with Crippen LogP contribution < -0.4 is 21.1 Å². The number of anilines is 3. The number of nitrogens with zero attached hydrogens (tertiary/aromatic N) is 3. The summed E-state index contributed by atoms with van der Waals surface area (Å²) in [6.45, 7) is 3.06. The summed E-state index contributed by atoms with van der Waals surface area (Å²) in [5.74, 6) is -0.192. The highest BCUT2D eigenvalue weighted by atomic mass is 35.5. The highest BCUT2D eigenvalue weighted by molar-refractivity contribution is 6.34. The number of nitrogens with one attached hydrogen (secondary N) is 2. The Kier molecular flexibility index (Phi) is 9.40. The van der Waals surface area contributed by atoms with Crippen LogP contribution in [-0.2, 0) is 4.79 Å². The lowest BCUT2D eigenvalue weighted by Crippen LogP contribution is -2.17. The van der Waals surface area contributed by atoms with Crippen LogP contribution in [-0.4, -0.2) is 48.9 Å². The van der Waals surface area contributed by atoms with Crippen LogP contribution in [0.5, 0.6) is 5.75 Å². The number of nitrogens with two attached hydrogens (primary N) is 1. The van der Waals surface area contributed by atoms with Gasteiger partial charge in [0.1, 0.15) is 11.8 Å². The van der Waals surface area contributed by atoms with Crippen molar-refractivity contribution in [2.45, 2.75) is 19.8 Å². The number of hydrogen-bond donors (Lipinski definition) is 3. The molecule has 0 spiro atoms. The number of nitriles is 1. The molecule has 4 rings (SSSR count). The third kappa shape index (κ3) is 6.92. The normalized spacial score (nSPS) is 10.8. The molecule has 0 fully saturated rings. The van der Waals surface area contributed by atoms with Crippen LogP contribution in [0.4, 0.5) is 17.1 Å². The third-order valence-electron chi connectivity index (χ3n) is 6.39. The number of primary amides is 1. The number of halogens is 1. The van der Waals surface area contributed by atoms with Gasteiger partial charge < -0.3 is 26.0 Å². The van der Waals surface area contributed by atoms with Gasteiger partial charge >= 0.3 is 0 Å². The van der Waals surface area contributed by atoms with Gasteiger partial charge in [-0.1, -0.05) is 35.9 Å². The van der Waals surface area contributed by atoms with Crippen LogP contribution in [0, 0.1) is 11.3 Å². The van der Waals surface area contributed by atoms with Crippen molar-refractivity contribution in [3.8, 4) is 22.9 Å². The number of benzene rings is 3. The lowest BCUT2D eigenvalue weighted by molar-refractivity contribution is -0.116. The molecule has 1 heterocycles. The van der Waals surface area contributed by atoms with Crippen molar-refractivity contribution in [3.63, 3.8) is 0 Å². The van der Waals surface area contributed by atoms with Crippen molar-refractivity contribution in [3.05, 3.63) is 76.9 Å². The molecule has 0 aliphatic carbocycles. The first-order chi connectivity index (χ1) is 19.7. The molecule has 0 aliphatic rings. The van der Waals surface area contributed by atoms with Gasteiger partial charge in [0, 0.05) is 40.9 Å². The molecule has 0 atom stereocenters. The Morgan fingerprint density at radius 1 is 1.12 bits per heavy atom. The molecular formula is C31H31ClN6O3. The Bertz CT molecular complexity index is 1650. The fraction of sp³-hybridized carbons (Fsp3) is 0.226. The lowest BCUT2D eigenvalue weighted by atomic mass is 9.99. The monoisotopic (exact) mass is 570 g/mol. The van der Waals surface area contributed by atoms with E-state index in [0.717, 1.165) is 6.54 Å². The Morgan fingerprint density at radius 3 is 2.59 bits per heavy atom. The van der Waals surface area contributed by atoms with Crippen molar-refractivity contribution in [2.24, 2.45) is 5.73 Å². The van der Waals surface area contributed by atoms with Gasteiger partial charge in [-0.15, -0.1) is 0 Å². The maximum Gasteiger partial charge on any atom is 0.249 e. The fourth-order valence-corrected chi connectivity index (χ4v) is 4.75. The SMILES string of the molecule is CCOc1cc2ncc(C#N)c(Nc3ccc(-c4ccccc4C(N)=O)c(Cl)c3)c2cc1NC(=O)CCCN(C)C. The van der Waals surface area contributed by atoms with Crippen molar-refractivity contribution in [2.75, 3.05) is 37.9 Å². The molecule has 2 amide bonds. The summed E-state index contributed by atoms with van der Waals surface area (Å²) in [5.41, 5.74) is 9.69. The summed E-state index contributed by atoms with van der Waals surface area (Å²) >= 11 is 6.66. The average Bonchev–Trinajstić information content (AvgIpc) is 2.93. The van der Waals surface area contributed by atoms with E-state index in [0.29, 0.717) is 80.4 Å². The smallest absolute Gasteiger partial charge is 0.249 e. The number of rotatable bonds is 11. The van der Waals surface area contributed by atoms with Gasteiger partial charge in [0.2, 0.25) is 11.8 Å². The molecule has 9 nitrogen and oxygen atoms in total. The van der Waals surface area contributed by atoms with E-state index in [-0.39, 0.29) is 5.91 Å². The molecular weight excluding hydrogens is 540 g/mol. The van der Waals surface area contributed by atoms with Crippen molar-refractivity contribution in [1.29, 1.82) is 5.26 Å². The van der Waals surface area contributed by atoms with E-state index < -0.39 is 5.91 Å². The molecule has 0 saturated heterocycles. The Morgan fingerprint density at radius 2 is 1.90 bits per heavy atom. The van der Waals surface area contributed by atoms with Crippen molar-refractivity contribution >= 4 is 51.4 Å². The zero-order valence-electron chi connectivity index (χ0n) is 23.1. The molecule has 0 saturated carbocycles. The van der Waals surface area contributed by atoms with Gasteiger partial charge in [0.25, 0.3) is 0 Å². The predicted molar refractivity (Wildman–Crippen MR) is 163 cm³/mol. The number of ether oxygens (including phenoxy) is 1. The molecule has 4 N–H and O–H groups in total. The van der Waals surface area contributed by atoms with E-state index >= 15 is 0 Å². The Hall–Kier alpha value is -4.65. The van der Waals surface area contributed by atoms with E-state index in [9.17, 15) is 14.9 Å². The topological polar surface area (TPSA) is 133 Å². The summed E-state index contributed by atoms with van der Waals surface area (Å²) in [7, 11) is 3.92. The van der Waals surface area contributed by atoms with Crippen LogP contribution in [0.2, 0.25) is 5.02 Å². The first kappa shape index (κ1) is 29.3. The zero-order valence-corrected chi connectivity index (χ0v) is 23.9. The molecule has 4 aromatic rings. The van der Waals surface area contributed by atoms with E-state index in [1.165, 1.54) is 6.20 Å². The molecule has 0 bridgehead atoms. The van der Waals surface area contributed by atoms with Crippen molar-refractivity contribution in [1.82, 2.24) is 9.88 Å². The second kappa shape index (κ2) is 13.1. The maximum atomic E-state index is 12.7. The molecule has 210 valence electrons. The van der Waals surface area contributed by atoms with Crippen LogP contribution in [0.1, 0.15) is 35.7 Å². The summed E-state index contributed by atoms with van der Waals surface area (Å²) in [4.78, 5) is 31.1. The van der Waals surface area contributed by atoms with Gasteiger partial charge in [-0.3, -0.25) is 14.6 Å². The third-order valence-corrected chi connectivity index (χ3v) is 6.71. The Balaban J connectivity index is 1.72.